The molecule has 0 spiro atoms. The summed E-state index contributed by atoms with van der Waals surface area (Å²) in [5.41, 5.74) is 0.940. The molecule has 3 rings (SSSR count). The summed E-state index contributed by atoms with van der Waals surface area (Å²) in [5.74, 6) is 1.57. The van der Waals surface area contributed by atoms with Crippen LogP contribution in [0.1, 0.15) is 0 Å². The summed E-state index contributed by atoms with van der Waals surface area (Å²) in [7, 11) is 4.59. The zero-order valence-electron chi connectivity index (χ0n) is 14.5. The normalized spacial score (nSPS) is 14.0. The van der Waals surface area contributed by atoms with Gasteiger partial charge in [0.25, 0.3) is 0 Å². The highest BCUT2D eigenvalue weighted by Crippen LogP contribution is 2.36. The smallest absolute Gasteiger partial charge is 0.340 e. The van der Waals surface area contributed by atoms with E-state index in [1.165, 1.54) is 24.0 Å². The molecule has 1 aliphatic rings. The lowest BCUT2D eigenvalue weighted by Crippen LogP contribution is -2.33. The second-order valence-electron chi connectivity index (χ2n) is 5.34. The van der Waals surface area contributed by atoms with Crippen LogP contribution in [0.2, 0.25) is 0 Å². The Labute approximate surface area is 156 Å². The van der Waals surface area contributed by atoms with Gasteiger partial charge in [-0.05, 0) is 36.4 Å². The van der Waals surface area contributed by atoms with Gasteiger partial charge in [0.05, 0.1) is 32.7 Å². The molecular weight excluding hydrogens is 354 g/mol. The highest BCUT2D eigenvalue weighted by atomic mass is 32.1. The Morgan fingerprint density at radius 2 is 1.50 bits per heavy atom. The number of rotatable bonds is 5. The molecule has 0 bridgehead atoms. The van der Waals surface area contributed by atoms with Gasteiger partial charge in [0.1, 0.15) is 17.2 Å². The van der Waals surface area contributed by atoms with Crippen molar-refractivity contribution >= 4 is 40.4 Å². The molecule has 2 aromatic carbocycles. The Kier molecular flexibility index (Phi) is 4.77. The van der Waals surface area contributed by atoms with Crippen LogP contribution < -0.4 is 24.0 Å². The topological polar surface area (TPSA) is 75.1 Å². The molecule has 2 amide bonds. The molecule has 1 saturated heterocycles. The van der Waals surface area contributed by atoms with Crippen LogP contribution in [0.3, 0.4) is 0 Å². The van der Waals surface area contributed by atoms with Crippen molar-refractivity contribution in [2.75, 3.05) is 31.1 Å². The van der Waals surface area contributed by atoms with Crippen LogP contribution in [0.25, 0.3) is 0 Å². The average Bonchev–Trinajstić information content (AvgIpc) is 2.90. The second-order valence-corrected chi connectivity index (χ2v) is 5.73. The van der Waals surface area contributed by atoms with Crippen LogP contribution in [-0.2, 0) is 0 Å². The zero-order valence-corrected chi connectivity index (χ0v) is 15.3. The first-order chi connectivity index (χ1) is 12.5. The number of urea groups is 1. The van der Waals surface area contributed by atoms with Gasteiger partial charge >= 0.3 is 6.03 Å². The third-order valence-corrected chi connectivity index (χ3v) is 4.35. The van der Waals surface area contributed by atoms with Gasteiger partial charge < -0.3 is 14.2 Å². The number of hydrogen-bond acceptors (Lipinski definition) is 6. The van der Waals surface area contributed by atoms with E-state index in [1.807, 2.05) is 0 Å². The van der Waals surface area contributed by atoms with Gasteiger partial charge in [0, 0.05) is 6.07 Å². The quantitative estimate of drug-likeness (QED) is 0.815. The van der Waals surface area contributed by atoms with Crippen molar-refractivity contribution in [2.45, 2.75) is 0 Å². The van der Waals surface area contributed by atoms with E-state index in [0.29, 0.717) is 28.6 Å². The SMILES string of the molecule is COc1ccc(N2C(=N)C(=S)N(c3cc(OC)ccc3OC)C2=O)cc1. The fourth-order valence-electron chi connectivity index (χ4n) is 2.64. The van der Waals surface area contributed by atoms with E-state index < -0.39 is 6.03 Å². The molecule has 0 aromatic heterocycles. The summed E-state index contributed by atoms with van der Waals surface area (Å²) in [6.45, 7) is 0. The third kappa shape index (κ3) is 2.84. The molecule has 134 valence electrons. The number of ether oxygens (including phenoxy) is 3. The van der Waals surface area contributed by atoms with E-state index in [1.54, 1.807) is 49.6 Å². The van der Waals surface area contributed by atoms with Gasteiger partial charge in [0.15, 0.2) is 10.8 Å². The number of carbonyl (C=O) groups excluding carboxylic acids is 1. The van der Waals surface area contributed by atoms with Crippen molar-refractivity contribution in [3.8, 4) is 17.2 Å². The maximum absolute atomic E-state index is 13.0. The number of nitrogens with zero attached hydrogens (tertiary/aromatic N) is 2. The van der Waals surface area contributed by atoms with Gasteiger partial charge in [0.2, 0.25) is 0 Å². The zero-order chi connectivity index (χ0) is 18.8. The van der Waals surface area contributed by atoms with E-state index in [2.05, 4.69) is 0 Å². The molecule has 1 heterocycles. The van der Waals surface area contributed by atoms with Gasteiger partial charge in [-0.15, -0.1) is 0 Å². The average molecular weight is 371 g/mol. The first-order valence-corrected chi connectivity index (χ1v) is 8.05. The summed E-state index contributed by atoms with van der Waals surface area (Å²) in [6.07, 6.45) is 0. The molecule has 26 heavy (non-hydrogen) atoms. The molecule has 1 aliphatic heterocycles. The van der Waals surface area contributed by atoms with E-state index in [-0.39, 0.29) is 10.8 Å². The molecular formula is C18H17N3O4S. The van der Waals surface area contributed by atoms with Crippen molar-refractivity contribution in [1.29, 1.82) is 5.41 Å². The molecule has 0 radical (unpaired) electrons. The molecule has 1 fully saturated rings. The molecule has 7 nitrogen and oxygen atoms in total. The van der Waals surface area contributed by atoms with Crippen LogP contribution in [-0.4, -0.2) is 38.2 Å². The van der Waals surface area contributed by atoms with E-state index >= 15 is 0 Å². The van der Waals surface area contributed by atoms with E-state index in [4.69, 9.17) is 31.8 Å². The number of thiocarbonyl (C=S) groups is 1. The highest BCUT2D eigenvalue weighted by Gasteiger charge is 2.41. The maximum atomic E-state index is 13.0. The minimum atomic E-state index is -0.461. The minimum absolute atomic E-state index is 0.0809. The first kappa shape index (κ1) is 17.7. The number of benzene rings is 2. The van der Waals surface area contributed by atoms with Crippen molar-refractivity contribution in [3.05, 3.63) is 42.5 Å². The first-order valence-electron chi connectivity index (χ1n) is 7.65. The number of hydrogen-bond donors (Lipinski definition) is 1. The summed E-state index contributed by atoms with van der Waals surface area (Å²) < 4.78 is 15.7. The molecule has 0 unspecified atom stereocenters. The Morgan fingerprint density at radius 3 is 2.08 bits per heavy atom. The molecule has 2 aromatic rings. The third-order valence-electron chi connectivity index (χ3n) is 3.97. The monoisotopic (exact) mass is 371 g/mol. The maximum Gasteiger partial charge on any atom is 0.340 e. The number of anilines is 2. The molecule has 0 atom stereocenters. The largest absolute Gasteiger partial charge is 0.497 e. The fraction of sp³-hybridized carbons (Fsp3) is 0.167. The predicted octanol–water partition coefficient (Wildman–Crippen LogP) is 3.46. The second kappa shape index (κ2) is 7.01. The summed E-state index contributed by atoms with van der Waals surface area (Å²) >= 11 is 5.35. The van der Waals surface area contributed by atoms with Gasteiger partial charge in [-0.1, -0.05) is 12.2 Å². The van der Waals surface area contributed by atoms with Crippen LogP contribution >= 0.6 is 12.2 Å². The standard InChI is InChI=1S/C18H17N3O4S/c1-23-12-6-4-11(5-7-12)20-16(19)17(26)21(18(20)22)14-10-13(24-2)8-9-15(14)25-3/h4-10,19H,1-3H3. The number of amides is 2. The molecule has 0 saturated carbocycles. The van der Waals surface area contributed by atoms with Crippen LogP contribution in [0, 0.1) is 5.41 Å². The van der Waals surface area contributed by atoms with Crippen molar-refractivity contribution in [3.63, 3.8) is 0 Å². The van der Waals surface area contributed by atoms with Gasteiger partial charge in [-0.2, -0.15) is 0 Å². The molecule has 8 heteroatoms. The lowest BCUT2D eigenvalue weighted by Gasteiger charge is -2.20. The Hall–Kier alpha value is -3.13. The Bertz CT molecular complexity index is 883. The highest BCUT2D eigenvalue weighted by molar-refractivity contribution is 7.82. The summed E-state index contributed by atoms with van der Waals surface area (Å²) in [4.78, 5) is 15.6. The number of methoxy groups -OCH3 is 3. The van der Waals surface area contributed by atoms with Crippen molar-refractivity contribution < 1.29 is 19.0 Å². The Balaban J connectivity index is 2.04. The minimum Gasteiger partial charge on any atom is -0.497 e. The summed E-state index contributed by atoms with van der Waals surface area (Å²) in [6, 6.07) is 11.4. The van der Waals surface area contributed by atoms with Crippen LogP contribution in [0.5, 0.6) is 17.2 Å². The van der Waals surface area contributed by atoms with E-state index in [9.17, 15) is 4.79 Å². The fourth-order valence-corrected chi connectivity index (χ4v) is 2.91. The van der Waals surface area contributed by atoms with Gasteiger partial charge in [-0.3, -0.25) is 5.41 Å². The molecule has 0 aliphatic carbocycles. The summed E-state index contributed by atoms with van der Waals surface area (Å²) in [5, 5.41) is 8.30. The number of nitrogens with one attached hydrogen (secondary N) is 1. The predicted molar refractivity (Wildman–Crippen MR) is 103 cm³/mol. The number of amidine groups is 1. The van der Waals surface area contributed by atoms with Crippen LogP contribution in [0.15, 0.2) is 42.5 Å². The Morgan fingerprint density at radius 1 is 0.885 bits per heavy atom. The van der Waals surface area contributed by atoms with E-state index in [0.717, 1.165) is 0 Å². The number of carbonyl (C=O) groups is 1. The van der Waals surface area contributed by atoms with Crippen molar-refractivity contribution in [2.24, 2.45) is 0 Å². The van der Waals surface area contributed by atoms with Crippen molar-refractivity contribution in [1.82, 2.24) is 0 Å². The lowest BCUT2D eigenvalue weighted by molar-refractivity contribution is 0.257. The van der Waals surface area contributed by atoms with Gasteiger partial charge in [-0.25, -0.2) is 14.6 Å². The van der Waals surface area contributed by atoms with Crippen LogP contribution in [0.4, 0.5) is 16.2 Å². The molecule has 1 N–H and O–H groups in total. The lowest BCUT2D eigenvalue weighted by atomic mass is 10.2.